The molecular weight excluding hydrogens is 184 g/mol. The summed E-state index contributed by atoms with van der Waals surface area (Å²) in [5, 5.41) is 0. The minimum absolute atomic E-state index is 0.103. The monoisotopic (exact) mass is 202 g/mol. The molecule has 13 heavy (non-hydrogen) atoms. The molecule has 0 saturated carbocycles. The molecule has 1 fully saturated rings. The molecule has 1 rings (SSSR count). The molecule has 0 unspecified atom stereocenters. The van der Waals surface area contributed by atoms with Crippen molar-refractivity contribution in [1.29, 1.82) is 0 Å². The minimum Gasteiger partial charge on any atom is -0.303 e. The molecule has 0 spiro atoms. The van der Waals surface area contributed by atoms with Gasteiger partial charge in [-0.2, -0.15) is 0 Å². The quantitative estimate of drug-likeness (QED) is 0.519. The van der Waals surface area contributed by atoms with E-state index < -0.39 is 0 Å². The second-order valence-corrected chi connectivity index (χ2v) is 5.27. The van der Waals surface area contributed by atoms with Crippen molar-refractivity contribution in [3.05, 3.63) is 4.91 Å². The number of hydrogen-bond acceptors (Lipinski definition) is 4. The van der Waals surface area contributed by atoms with Crippen LogP contribution in [0.25, 0.3) is 0 Å². The van der Waals surface area contributed by atoms with E-state index in [0.29, 0.717) is 0 Å². The number of hydrogen-bond donors (Lipinski definition) is 0. The van der Waals surface area contributed by atoms with Crippen molar-refractivity contribution in [3.63, 3.8) is 0 Å². The third-order valence-electron chi connectivity index (χ3n) is 2.71. The number of nitrogens with zero attached hydrogens (tertiary/aromatic N) is 2. The van der Waals surface area contributed by atoms with Crippen LogP contribution in [-0.2, 0) is 0 Å². The number of piperidine rings is 1. The van der Waals surface area contributed by atoms with Gasteiger partial charge in [0.2, 0.25) is 0 Å². The van der Waals surface area contributed by atoms with Crippen LogP contribution in [-0.4, -0.2) is 29.3 Å². The van der Waals surface area contributed by atoms with Gasteiger partial charge in [0, 0.05) is 21.3 Å². The number of rotatable bonds is 4. The molecule has 0 aliphatic carbocycles. The first-order valence-electron chi connectivity index (χ1n) is 4.93. The van der Waals surface area contributed by atoms with Crippen LogP contribution in [0.1, 0.15) is 33.1 Å². The van der Waals surface area contributed by atoms with E-state index in [9.17, 15) is 4.91 Å². The largest absolute Gasteiger partial charge is 0.303 e. The molecule has 1 saturated heterocycles. The molecule has 76 valence electrons. The van der Waals surface area contributed by atoms with Crippen molar-refractivity contribution in [2.24, 2.45) is 4.58 Å². The molecule has 0 aromatic rings. The summed E-state index contributed by atoms with van der Waals surface area (Å²) in [6.07, 6.45) is 3.39. The lowest BCUT2D eigenvalue weighted by molar-refractivity contribution is 0.207. The Hall–Kier alpha value is -0.0900. The molecule has 0 bridgehead atoms. The van der Waals surface area contributed by atoms with Gasteiger partial charge >= 0.3 is 0 Å². The summed E-state index contributed by atoms with van der Waals surface area (Å²) in [4.78, 5) is 12.7. The van der Waals surface area contributed by atoms with E-state index in [1.165, 1.54) is 24.9 Å². The maximum absolute atomic E-state index is 10.2. The van der Waals surface area contributed by atoms with Crippen LogP contribution < -0.4 is 0 Å². The van der Waals surface area contributed by atoms with E-state index in [2.05, 4.69) is 23.3 Å². The normalized spacial score (nSPS) is 22.9. The first kappa shape index (κ1) is 11.0. The molecule has 0 aromatic heterocycles. The molecule has 3 nitrogen and oxygen atoms in total. The van der Waals surface area contributed by atoms with Crippen molar-refractivity contribution < 1.29 is 0 Å². The topological polar surface area (TPSA) is 32.7 Å². The number of nitroso groups, excluding NO2 is 1. The molecule has 4 heteroatoms. The summed E-state index contributed by atoms with van der Waals surface area (Å²) in [6, 6.07) is 0. The lowest BCUT2D eigenvalue weighted by Gasteiger charge is -2.36. The molecule has 0 radical (unpaired) electrons. The molecule has 1 heterocycles. The minimum atomic E-state index is 0.103. The highest BCUT2D eigenvalue weighted by molar-refractivity contribution is 7.99. The second kappa shape index (κ2) is 4.96. The Morgan fingerprint density at radius 1 is 1.46 bits per heavy atom. The zero-order valence-electron chi connectivity index (χ0n) is 8.45. The third kappa shape index (κ3) is 3.27. The summed E-state index contributed by atoms with van der Waals surface area (Å²) in [7, 11) is 0. The molecule has 0 atom stereocenters. The molecule has 0 amide bonds. The highest BCUT2D eigenvalue weighted by Crippen LogP contribution is 2.35. The average molecular weight is 202 g/mol. The van der Waals surface area contributed by atoms with Crippen LogP contribution in [0.3, 0.4) is 0 Å². The van der Waals surface area contributed by atoms with E-state index in [-0.39, 0.29) is 4.75 Å². The zero-order chi connectivity index (χ0) is 9.73. The lowest BCUT2D eigenvalue weighted by atomic mass is 9.98. The van der Waals surface area contributed by atoms with E-state index in [0.717, 1.165) is 25.9 Å². The second-order valence-electron chi connectivity index (χ2n) is 3.96. The summed E-state index contributed by atoms with van der Waals surface area (Å²) in [5.41, 5.74) is 0. The number of likely N-dealkylation sites (tertiary alicyclic amines) is 1. The van der Waals surface area contributed by atoms with Gasteiger partial charge in [0.15, 0.2) is 0 Å². The van der Waals surface area contributed by atoms with Gasteiger partial charge < -0.3 is 4.90 Å². The van der Waals surface area contributed by atoms with Crippen LogP contribution in [0.2, 0.25) is 0 Å². The van der Waals surface area contributed by atoms with Gasteiger partial charge in [-0.05, 0) is 45.8 Å². The van der Waals surface area contributed by atoms with Crippen LogP contribution >= 0.6 is 11.9 Å². The van der Waals surface area contributed by atoms with Gasteiger partial charge in [0.05, 0.1) is 0 Å². The first-order valence-corrected chi connectivity index (χ1v) is 5.71. The fraction of sp³-hybridized carbons (Fsp3) is 1.00. The van der Waals surface area contributed by atoms with E-state index in [1.54, 1.807) is 0 Å². The summed E-state index contributed by atoms with van der Waals surface area (Å²) >= 11 is 1.22. The van der Waals surface area contributed by atoms with Crippen molar-refractivity contribution in [2.75, 3.05) is 19.6 Å². The lowest BCUT2D eigenvalue weighted by Crippen LogP contribution is -2.40. The molecule has 0 aromatic carbocycles. The molecule has 1 aliphatic rings. The Morgan fingerprint density at radius 3 is 2.54 bits per heavy atom. The Morgan fingerprint density at radius 2 is 2.08 bits per heavy atom. The van der Waals surface area contributed by atoms with E-state index >= 15 is 0 Å². The standard InChI is InChI=1S/C9H18N2OS/c1-3-6-11-7-4-9(2,5-8-11)13-10-12/h3-8H2,1-2H3. The Kier molecular flexibility index (Phi) is 4.19. The van der Waals surface area contributed by atoms with Crippen molar-refractivity contribution in [3.8, 4) is 0 Å². The average Bonchev–Trinajstić information content (AvgIpc) is 2.10. The summed E-state index contributed by atoms with van der Waals surface area (Å²) in [6.45, 7) is 7.77. The maximum atomic E-state index is 10.2. The Bertz CT molecular complexity index is 167. The summed E-state index contributed by atoms with van der Waals surface area (Å²) in [5.74, 6) is 0. The van der Waals surface area contributed by atoms with Crippen molar-refractivity contribution in [1.82, 2.24) is 4.90 Å². The summed E-state index contributed by atoms with van der Waals surface area (Å²) < 4.78 is 3.05. The predicted molar refractivity (Wildman–Crippen MR) is 57.8 cm³/mol. The van der Waals surface area contributed by atoms with Crippen LogP contribution in [0.15, 0.2) is 4.58 Å². The van der Waals surface area contributed by atoms with Crippen molar-refractivity contribution in [2.45, 2.75) is 37.9 Å². The van der Waals surface area contributed by atoms with Gasteiger partial charge in [-0.15, -0.1) is 4.91 Å². The Labute approximate surface area is 84.4 Å². The third-order valence-corrected chi connectivity index (χ3v) is 3.63. The highest BCUT2D eigenvalue weighted by Gasteiger charge is 2.31. The highest BCUT2D eigenvalue weighted by atomic mass is 32.2. The van der Waals surface area contributed by atoms with Gasteiger partial charge in [0.1, 0.15) is 0 Å². The van der Waals surface area contributed by atoms with Crippen LogP contribution in [0, 0.1) is 4.91 Å². The predicted octanol–water partition coefficient (Wildman–Crippen LogP) is 2.67. The smallest absolute Gasteiger partial charge is 0.0408 e. The fourth-order valence-corrected chi connectivity index (χ4v) is 2.29. The van der Waals surface area contributed by atoms with Gasteiger partial charge in [0.25, 0.3) is 0 Å². The maximum Gasteiger partial charge on any atom is 0.0408 e. The van der Waals surface area contributed by atoms with Gasteiger partial charge in [-0.3, -0.25) is 0 Å². The fourth-order valence-electron chi connectivity index (χ4n) is 1.75. The van der Waals surface area contributed by atoms with Crippen LogP contribution in [0.5, 0.6) is 0 Å². The molecule has 0 N–H and O–H groups in total. The van der Waals surface area contributed by atoms with Gasteiger partial charge in [-0.1, -0.05) is 6.92 Å². The molecular formula is C9H18N2OS. The van der Waals surface area contributed by atoms with Crippen LogP contribution in [0.4, 0.5) is 0 Å². The van der Waals surface area contributed by atoms with Gasteiger partial charge in [-0.25, -0.2) is 0 Å². The van der Waals surface area contributed by atoms with E-state index in [4.69, 9.17) is 0 Å². The first-order chi connectivity index (χ1) is 6.20. The zero-order valence-corrected chi connectivity index (χ0v) is 9.27. The van der Waals surface area contributed by atoms with E-state index in [1.807, 2.05) is 0 Å². The SMILES string of the molecule is CCCN1CCC(C)(SN=O)CC1. The van der Waals surface area contributed by atoms with Crippen molar-refractivity contribution >= 4 is 11.9 Å². The Balaban J connectivity index is 2.32. The molecule has 1 aliphatic heterocycles.